The lowest BCUT2D eigenvalue weighted by atomic mass is 9.91. The number of fused-ring (bicyclic) bond motifs is 1. The number of rotatable bonds is 7. The van der Waals surface area contributed by atoms with E-state index in [1.54, 1.807) is 6.20 Å². The summed E-state index contributed by atoms with van der Waals surface area (Å²) in [6.45, 7) is 1.93. The van der Waals surface area contributed by atoms with Crippen LogP contribution in [0.4, 0.5) is 11.8 Å². The van der Waals surface area contributed by atoms with Crippen LogP contribution in [0.5, 0.6) is 0 Å². The van der Waals surface area contributed by atoms with Crippen LogP contribution in [-0.2, 0) is 17.6 Å². The van der Waals surface area contributed by atoms with Gasteiger partial charge in [0, 0.05) is 43.6 Å². The topological polar surface area (TPSA) is 95.9 Å². The van der Waals surface area contributed by atoms with Crippen molar-refractivity contribution < 1.29 is 4.79 Å². The van der Waals surface area contributed by atoms with Crippen molar-refractivity contribution in [2.24, 2.45) is 0 Å². The number of carbonyl (C=O) groups is 1. The zero-order chi connectivity index (χ0) is 22.5. The third-order valence-electron chi connectivity index (χ3n) is 6.12. The van der Waals surface area contributed by atoms with Gasteiger partial charge in [0.25, 0.3) is 0 Å². The molecule has 1 amide bonds. The van der Waals surface area contributed by atoms with E-state index in [-0.39, 0.29) is 11.9 Å². The van der Waals surface area contributed by atoms with E-state index < -0.39 is 0 Å². The Balaban J connectivity index is 1.26. The van der Waals surface area contributed by atoms with Crippen LogP contribution >= 0.6 is 11.8 Å². The standard InChI is InChI=1S/C23H33N7OS/c1-15-12-13-24-23(25-15)32-14-20(31)26-16-8-10-17(11-9-16)27-22-28-19-7-5-4-6-18(19)21(29-22)30(2)3/h12-13,16-17H,4-11,14H2,1-3H3,(H,26,31)(H,27,28,29)/t16-,17+. The zero-order valence-corrected chi connectivity index (χ0v) is 20.0. The fourth-order valence-electron chi connectivity index (χ4n) is 4.47. The molecule has 0 aliphatic heterocycles. The Morgan fingerprint density at radius 1 is 1.09 bits per heavy atom. The molecule has 2 aliphatic rings. The van der Waals surface area contributed by atoms with Gasteiger partial charge < -0.3 is 15.5 Å². The highest BCUT2D eigenvalue weighted by atomic mass is 32.2. The molecule has 32 heavy (non-hydrogen) atoms. The monoisotopic (exact) mass is 455 g/mol. The molecule has 0 bridgehead atoms. The van der Waals surface area contributed by atoms with Crippen molar-refractivity contribution in [2.75, 3.05) is 30.1 Å². The maximum atomic E-state index is 12.4. The Morgan fingerprint density at radius 3 is 2.59 bits per heavy atom. The zero-order valence-electron chi connectivity index (χ0n) is 19.2. The van der Waals surface area contributed by atoms with Crippen LogP contribution in [0.1, 0.15) is 55.5 Å². The van der Waals surface area contributed by atoms with Gasteiger partial charge in [-0.3, -0.25) is 4.79 Å². The van der Waals surface area contributed by atoms with E-state index in [0.29, 0.717) is 17.0 Å². The van der Waals surface area contributed by atoms with E-state index in [2.05, 4.69) is 39.6 Å². The van der Waals surface area contributed by atoms with Crippen LogP contribution in [0.15, 0.2) is 17.4 Å². The summed E-state index contributed by atoms with van der Waals surface area (Å²) in [5.41, 5.74) is 3.43. The maximum absolute atomic E-state index is 12.4. The van der Waals surface area contributed by atoms with Gasteiger partial charge >= 0.3 is 0 Å². The maximum Gasteiger partial charge on any atom is 0.230 e. The van der Waals surface area contributed by atoms with Crippen LogP contribution in [-0.4, -0.2) is 57.8 Å². The fraction of sp³-hybridized carbons (Fsp3) is 0.609. The van der Waals surface area contributed by atoms with E-state index in [0.717, 1.165) is 56.0 Å². The van der Waals surface area contributed by atoms with Gasteiger partial charge in [-0.25, -0.2) is 15.0 Å². The molecule has 0 saturated heterocycles. The number of nitrogens with zero attached hydrogens (tertiary/aromatic N) is 5. The minimum Gasteiger partial charge on any atom is -0.362 e. The van der Waals surface area contributed by atoms with Crippen LogP contribution in [0.25, 0.3) is 0 Å². The van der Waals surface area contributed by atoms with E-state index in [1.807, 2.05) is 13.0 Å². The van der Waals surface area contributed by atoms with Gasteiger partial charge in [-0.2, -0.15) is 4.98 Å². The number of hydrogen-bond donors (Lipinski definition) is 2. The van der Waals surface area contributed by atoms with E-state index in [9.17, 15) is 4.79 Å². The number of nitrogens with one attached hydrogen (secondary N) is 2. The average Bonchev–Trinajstić information content (AvgIpc) is 2.78. The Morgan fingerprint density at radius 2 is 1.84 bits per heavy atom. The number of hydrogen-bond acceptors (Lipinski definition) is 8. The third-order valence-corrected chi connectivity index (χ3v) is 6.98. The molecule has 2 heterocycles. The largest absolute Gasteiger partial charge is 0.362 e. The minimum absolute atomic E-state index is 0.0464. The fourth-order valence-corrected chi connectivity index (χ4v) is 5.16. The Bertz CT molecular complexity index is 944. The summed E-state index contributed by atoms with van der Waals surface area (Å²) in [7, 11) is 4.11. The molecular weight excluding hydrogens is 422 g/mol. The van der Waals surface area contributed by atoms with E-state index in [4.69, 9.17) is 9.97 Å². The molecule has 0 aromatic carbocycles. The predicted molar refractivity (Wildman–Crippen MR) is 128 cm³/mol. The van der Waals surface area contributed by atoms with Crippen molar-refractivity contribution in [1.82, 2.24) is 25.3 Å². The van der Waals surface area contributed by atoms with Gasteiger partial charge in [0.2, 0.25) is 11.9 Å². The first-order valence-electron chi connectivity index (χ1n) is 11.5. The van der Waals surface area contributed by atoms with Gasteiger partial charge in [-0.1, -0.05) is 11.8 Å². The van der Waals surface area contributed by atoms with Crippen molar-refractivity contribution >= 4 is 29.4 Å². The highest BCUT2D eigenvalue weighted by Gasteiger charge is 2.25. The van der Waals surface area contributed by atoms with Crippen molar-refractivity contribution in [3.8, 4) is 0 Å². The van der Waals surface area contributed by atoms with Gasteiger partial charge in [-0.05, 0) is 64.4 Å². The molecule has 0 radical (unpaired) electrons. The van der Waals surface area contributed by atoms with Gasteiger partial charge in [0.15, 0.2) is 5.16 Å². The number of thioether (sulfide) groups is 1. The minimum atomic E-state index is 0.0464. The second-order valence-corrected chi connectivity index (χ2v) is 9.87. The van der Waals surface area contributed by atoms with Gasteiger partial charge in [0.05, 0.1) is 11.4 Å². The summed E-state index contributed by atoms with van der Waals surface area (Å²) in [6, 6.07) is 2.42. The number of amides is 1. The lowest BCUT2D eigenvalue weighted by molar-refractivity contribution is -0.119. The molecule has 4 rings (SSSR count). The lowest BCUT2D eigenvalue weighted by Gasteiger charge is -2.30. The van der Waals surface area contributed by atoms with E-state index >= 15 is 0 Å². The summed E-state index contributed by atoms with van der Waals surface area (Å²) in [5, 5.41) is 7.39. The number of aromatic nitrogens is 4. The number of aryl methyl sites for hydroxylation is 2. The molecule has 2 N–H and O–H groups in total. The quantitative estimate of drug-likeness (QED) is 0.486. The van der Waals surface area contributed by atoms with Gasteiger partial charge in [0.1, 0.15) is 5.82 Å². The number of carbonyl (C=O) groups excluding carboxylic acids is 1. The Hall–Kier alpha value is -2.42. The Kier molecular flexibility index (Phi) is 7.44. The Labute approximate surface area is 194 Å². The second kappa shape index (κ2) is 10.5. The summed E-state index contributed by atoms with van der Waals surface area (Å²) in [5.74, 6) is 2.19. The highest BCUT2D eigenvalue weighted by Crippen LogP contribution is 2.29. The van der Waals surface area contributed by atoms with Crippen LogP contribution in [0.3, 0.4) is 0 Å². The first-order chi connectivity index (χ1) is 15.5. The third kappa shape index (κ3) is 5.88. The summed E-state index contributed by atoms with van der Waals surface area (Å²) in [6.07, 6.45) is 10.2. The molecule has 2 aromatic heterocycles. The molecule has 8 nitrogen and oxygen atoms in total. The van der Waals surface area contributed by atoms with Crippen molar-refractivity contribution in [1.29, 1.82) is 0 Å². The van der Waals surface area contributed by atoms with Crippen LogP contribution in [0.2, 0.25) is 0 Å². The molecule has 9 heteroatoms. The molecule has 2 aromatic rings. The number of anilines is 2. The summed E-state index contributed by atoms with van der Waals surface area (Å²) < 4.78 is 0. The highest BCUT2D eigenvalue weighted by molar-refractivity contribution is 7.99. The molecule has 0 spiro atoms. The molecule has 2 aliphatic carbocycles. The van der Waals surface area contributed by atoms with E-state index in [1.165, 1.54) is 35.9 Å². The molecule has 1 fully saturated rings. The lowest BCUT2D eigenvalue weighted by Crippen LogP contribution is -2.41. The first kappa shape index (κ1) is 22.8. The summed E-state index contributed by atoms with van der Waals surface area (Å²) >= 11 is 1.38. The molecule has 0 unspecified atom stereocenters. The summed E-state index contributed by atoms with van der Waals surface area (Å²) in [4.78, 5) is 32.7. The smallest absolute Gasteiger partial charge is 0.230 e. The van der Waals surface area contributed by atoms with Gasteiger partial charge in [-0.15, -0.1) is 0 Å². The molecular formula is C23H33N7OS. The van der Waals surface area contributed by atoms with Crippen molar-refractivity contribution in [2.45, 2.75) is 75.5 Å². The van der Waals surface area contributed by atoms with Crippen LogP contribution in [0, 0.1) is 6.92 Å². The molecule has 172 valence electrons. The van der Waals surface area contributed by atoms with Crippen molar-refractivity contribution in [3.63, 3.8) is 0 Å². The average molecular weight is 456 g/mol. The molecule has 0 atom stereocenters. The normalized spacial score (nSPS) is 20.3. The first-order valence-corrected chi connectivity index (χ1v) is 12.5. The van der Waals surface area contributed by atoms with Crippen molar-refractivity contribution in [3.05, 3.63) is 29.2 Å². The SMILES string of the molecule is Cc1ccnc(SCC(=O)N[C@H]2CC[C@@H](Nc3nc4c(c(N(C)C)n3)CCCC4)CC2)n1. The predicted octanol–water partition coefficient (Wildman–Crippen LogP) is 3.15. The molecule has 1 saturated carbocycles. The van der Waals surface area contributed by atoms with Crippen LogP contribution < -0.4 is 15.5 Å². The second-order valence-electron chi connectivity index (χ2n) is 8.93.